The molecule has 0 aromatic carbocycles. The lowest BCUT2D eigenvalue weighted by Crippen LogP contribution is -2.33. The van der Waals surface area contributed by atoms with Crippen LogP contribution in [0.5, 0.6) is 0 Å². The fraction of sp³-hybridized carbons (Fsp3) is 0.667. The first-order valence-electron chi connectivity index (χ1n) is 6.00. The lowest BCUT2D eigenvalue weighted by Gasteiger charge is -2.24. The molecule has 0 spiro atoms. The number of rotatable bonds is 3. The van der Waals surface area contributed by atoms with Crippen LogP contribution >= 0.6 is 0 Å². The molecule has 1 N–H and O–H groups in total. The maximum Gasteiger partial charge on any atom is 0.132 e. The molecule has 1 aromatic heterocycles. The summed E-state index contributed by atoms with van der Waals surface area (Å²) >= 11 is 0. The van der Waals surface area contributed by atoms with Crippen LogP contribution in [0.25, 0.3) is 0 Å². The van der Waals surface area contributed by atoms with Crippen molar-refractivity contribution in [3.05, 3.63) is 17.6 Å². The number of anilines is 1. The maximum absolute atomic E-state index is 13.4. The molecule has 1 aliphatic heterocycles. The van der Waals surface area contributed by atoms with Gasteiger partial charge in [-0.15, -0.1) is 0 Å². The Hall–Kier alpha value is -1.23. The van der Waals surface area contributed by atoms with Crippen molar-refractivity contribution in [3.63, 3.8) is 0 Å². The molecule has 4 nitrogen and oxygen atoms in total. The first-order chi connectivity index (χ1) is 8.13. The van der Waals surface area contributed by atoms with Crippen molar-refractivity contribution in [1.29, 1.82) is 0 Å². The average molecular weight is 239 g/mol. The summed E-state index contributed by atoms with van der Waals surface area (Å²) in [6, 6.07) is 1.72. The third-order valence-corrected chi connectivity index (χ3v) is 3.11. The smallest absolute Gasteiger partial charge is 0.132 e. The Labute approximate surface area is 101 Å². The van der Waals surface area contributed by atoms with Crippen molar-refractivity contribution in [2.24, 2.45) is 0 Å². The minimum absolute atomic E-state index is 0.0368. The van der Waals surface area contributed by atoms with Crippen molar-refractivity contribution < 1.29 is 9.50 Å². The highest BCUT2D eigenvalue weighted by molar-refractivity contribution is 5.43. The molecule has 0 unspecified atom stereocenters. The summed E-state index contributed by atoms with van der Waals surface area (Å²) in [5.74, 6) is 1.42. The summed E-state index contributed by atoms with van der Waals surface area (Å²) < 4.78 is 13.4. The summed E-state index contributed by atoms with van der Waals surface area (Å²) in [6.07, 6.45) is 0.320. The van der Waals surface area contributed by atoms with Gasteiger partial charge in [-0.1, -0.05) is 6.92 Å². The Morgan fingerprint density at radius 1 is 1.53 bits per heavy atom. The zero-order valence-corrected chi connectivity index (χ0v) is 10.2. The van der Waals surface area contributed by atoms with Crippen LogP contribution < -0.4 is 4.90 Å². The van der Waals surface area contributed by atoms with Crippen LogP contribution in [0, 0.1) is 6.92 Å². The van der Waals surface area contributed by atoms with Crippen LogP contribution in [0.4, 0.5) is 10.2 Å². The van der Waals surface area contributed by atoms with E-state index in [-0.39, 0.29) is 12.6 Å². The van der Waals surface area contributed by atoms with E-state index in [1.165, 1.54) is 0 Å². The van der Waals surface area contributed by atoms with E-state index in [1.807, 2.05) is 24.8 Å². The molecule has 17 heavy (non-hydrogen) atoms. The number of aliphatic hydroxyl groups is 1. The van der Waals surface area contributed by atoms with E-state index >= 15 is 0 Å². The van der Waals surface area contributed by atoms with Crippen LogP contribution in [0.15, 0.2) is 6.07 Å². The predicted molar refractivity (Wildman–Crippen MR) is 63.9 cm³/mol. The van der Waals surface area contributed by atoms with Gasteiger partial charge in [0.25, 0.3) is 0 Å². The van der Waals surface area contributed by atoms with Gasteiger partial charge in [0.05, 0.1) is 19.2 Å². The monoisotopic (exact) mass is 239 g/mol. The molecule has 0 amide bonds. The molecule has 2 atom stereocenters. The molecule has 1 saturated heterocycles. The zero-order valence-electron chi connectivity index (χ0n) is 10.2. The largest absolute Gasteiger partial charge is 0.394 e. The third-order valence-electron chi connectivity index (χ3n) is 3.11. The normalized spacial score (nSPS) is 24.4. The standard InChI is InChI=1S/C12H18FN3O/c1-3-10-5-12(15-8(2)14-10)16-6-9(13)4-11(16)7-17/h5,9,11,17H,3-4,6-7H2,1-2H3/t9-,11-/m0/s1. The molecule has 5 heteroatoms. The molecule has 0 bridgehead atoms. The topological polar surface area (TPSA) is 49.2 Å². The molecule has 0 aliphatic carbocycles. The van der Waals surface area contributed by atoms with Gasteiger partial charge in [0.15, 0.2) is 0 Å². The molecule has 1 aliphatic rings. The molecule has 0 saturated carbocycles. The van der Waals surface area contributed by atoms with Gasteiger partial charge in [-0.05, 0) is 13.3 Å². The SMILES string of the molecule is CCc1cc(N2C[C@@H](F)C[C@H]2CO)nc(C)n1. The lowest BCUT2D eigenvalue weighted by atomic mass is 10.2. The van der Waals surface area contributed by atoms with E-state index < -0.39 is 6.17 Å². The first kappa shape index (κ1) is 12.2. The highest BCUT2D eigenvalue weighted by Gasteiger charge is 2.32. The summed E-state index contributed by atoms with van der Waals surface area (Å²) in [7, 11) is 0. The van der Waals surface area contributed by atoms with E-state index in [4.69, 9.17) is 0 Å². The van der Waals surface area contributed by atoms with Gasteiger partial charge in [0.1, 0.15) is 17.8 Å². The van der Waals surface area contributed by atoms with E-state index in [2.05, 4.69) is 9.97 Å². The van der Waals surface area contributed by atoms with Gasteiger partial charge >= 0.3 is 0 Å². The molecule has 94 valence electrons. The molecule has 1 aromatic rings. The quantitative estimate of drug-likeness (QED) is 0.862. The Kier molecular flexibility index (Phi) is 3.57. The second kappa shape index (κ2) is 4.96. The second-order valence-electron chi connectivity index (χ2n) is 4.44. The number of hydrogen-bond donors (Lipinski definition) is 1. The summed E-state index contributed by atoms with van der Waals surface area (Å²) in [5, 5.41) is 9.26. The first-order valence-corrected chi connectivity index (χ1v) is 6.00. The minimum atomic E-state index is -0.882. The van der Waals surface area contributed by atoms with Crippen LogP contribution in [0.2, 0.25) is 0 Å². The van der Waals surface area contributed by atoms with Crippen LogP contribution in [-0.4, -0.2) is 40.4 Å². The molecule has 1 fully saturated rings. The Balaban J connectivity index is 2.29. The highest BCUT2D eigenvalue weighted by Crippen LogP contribution is 2.26. The second-order valence-corrected chi connectivity index (χ2v) is 4.44. The van der Waals surface area contributed by atoms with Crippen molar-refractivity contribution in [2.75, 3.05) is 18.1 Å². The summed E-state index contributed by atoms with van der Waals surface area (Å²) in [5.41, 5.74) is 0.950. The van der Waals surface area contributed by atoms with Crippen molar-refractivity contribution in [2.45, 2.75) is 38.9 Å². The minimum Gasteiger partial charge on any atom is -0.394 e. The Bertz CT molecular complexity index is 399. The van der Waals surface area contributed by atoms with Crippen molar-refractivity contribution >= 4 is 5.82 Å². The fourth-order valence-corrected chi connectivity index (χ4v) is 2.25. The van der Waals surface area contributed by atoms with Gasteiger partial charge < -0.3 is 10.0 Å². The number of aliphatic hydroxyl groups excluding tert-OH is 1. The van der Waals surface area contributed by atoms with Crippen molar-refractivity contribution in [1.82, 2.24) is 9.97 Å². The maximum atomic E-state index is 13.4. The number of hydrogen-bond acceptors (Lipinski definition) is 4. The Morgan fingerprint density at radius 2 is 2.29 bits per heavy atom. The third kappa shape index (κ3) is 2.54. The summed E-state index contributed by atoms with van der Waals surface area (Å²) in [6.45, 7) is 4.13. The summed E-state index contributed by atoms with van der Waals surface area (Å²) in [4.78, 5) is 10.5. The molecule has 2 heterocycles. The molecular formula is C12H18FN3O. The number of aryl methyl sites for hydroxylation is 2. The van der Waals surface area contributed by atoms with Crippen LogP contribution in [0.1, 0.15) is 24.9 Å². The molecule has 0 radical (unpaired) electrons. The van der Waals surface area contributed by atoms with E-state index in [9.17, 15) is 9.50 Å². The van der Waals surface area contributed by atoms with Gasteiger partial charge in [0.2, 0.25) is 0 Å². The lowest BCUT2D eigenvalue weighted by molar-refractivity contribution is 0.255. The van der Waals surface area contributed by atoms with Gasteiger partial charge in [-0.3, -0.25) is 0 Å². The molecule has 2 rings (SSSR count). The number of halogens is 1. The number of nitrogens with zero attached hydrogens (tertiary/aromatic N) is 3. The van der Waals surface area contributed by atoms with E-state index in [0.29, 0.717) is 18.8 Å². The van der Waals surface area contributed by atoms with E-state index in [1.54, 1.807) is 0 Å². The van der Waals surface area contributed by atoms with Crippen molar-refractivity contribution in [3.8, 4) is 0 Å². The average Bonchev–Trinajstić information content (AvgIpc) is 2.69. The van der Waals surface area contributed by atoms with Gasteiger partial charge in [-0.25, -0.2) is 14.4 Å². The molecular weight excluding hydrogens is 221 g/mol. The van der Waals surface area contributed by atoms with Gasteiger partial charge in [-0.2, -0.15) is 0 Å². The number of alkyl halides is 1. The van der Waals surface area contributed by atoms with E-state index in [0.717, 1.165) is 17.9 Å². The Morgan fingerprint density at radius 3 is 2.94 bits per heavy atom. The van der Waals surface area contributed by atoms with Crippen LogP contribution in [0.3, 0.4) is 0 Å². The zero-order chi connectivity index (χ0) is 12.4. The predicted octanol–water partition coefficient (Wildman–Crippen LogP) is 1.26. The van der Waals surface area contributed by atoms with Crippen LogP contribution in [-0.2, 0) is 6.42 Å². The number of aromatic nitrogens is 2. The fourth-order valence-electron chi connectivity index (χ4n) is 2.25. The van der Waals surface area contributed by atoms with Gasteiger partial charge in [0, 0.05) is 18.2 Å². The highest BCUT2D eigenvalue weighted by atomic mass is 19.1.